The van der Waals surface area contributed by atoms with E-state index in [4.69, 9.17) is 5.26 Å². The number of pyridine rings is 1. The van der Waals surface area contributed by atoms with Gasteiger partial charge < -0.3 is 5.32 Å². The predicted molar refractivity (Wildman–Crippen MR) is 52.3 cm³/mol. The van der Waals surface area contributed by atoms with Crippen molar-refractivity contribution in [3.63, 3.8) is 0 Å². The van der Waals surface area contributed by atoms with E-state index in [1.54, 1.807) is 12.3 Å². The smallest absolute Gasteiger partial charge is 0.142 e. The molecular formula is C10H13N3. The van der Waals surface area contributed by atoms with Gasteiger partial charge in [0, 0.05) is 18.4 Å². The lowest BCUT2D eigenvalue weighted by Gasteiger charge is -2.08. The highest BCUT2D eigenvalue weighted by molar-refractivity contribution is 5.45. The van der Waals surface area contributed by atoms with Crippen LogP contribution in [-0.2, 0) is 0 Å². The van der Waals surface area contributed by atoms with Crippen LogP contribution in [0.4, 0.5) is 5.69 Å². The molecule has 0 aromatic carbocycles. The number of rotatable bonds is 3. The Balaban J connectivity index is 2.63. The molecule has 0 amide bonds. The number of anilines is 1. The number of nitrogens with zero attached hydrogens (tertiary/aromatic N) is 2. The highest BCUT2D eigenvalue weighted by Crippen LogP contribution is 2.07. The van der Waals surface area contributed by atoms with Gasteiger partial charge in [0.1, 0.15) is 11.8 Å². The van der Waals surface area contributed by atoms with Crippen molar-refractivity contribution in [1.82, 2.24) is 4.98 Å². The first-order valence-electron chi connectivity index (χ1n) is 4.32. The third-order valence-electron chi connectivity index (χ3n) is 1.59. The van der Waals surface area contributed by atoms with Crippen molar-refractivity contribution in [2.45, 2.75) is 13.8 Å². The highest BCUT2D eigenvalue weighted by atomic mass is 14.9. The highest BCUT2D eigenvalue weighted by Gasteiger charge is 1.96. The molecule has 1 aromatic heterocycles. The Morgan fingerprint density at radius 2 is 2.38 bits per heavy atom. The Hall–Kier alpha value is -1.56. The van der Waals surface area contributed by atoms with E-state index < -0.39 is 0 Å². The van der Waals surface area contributed by atoms with E-state index in [9.17, 15) is 0 Å². The summed E-state index contributed by atoms with van der Waals surface area (Å²) in [6, 6.07) is 5.62. The summed E-state index contributed by atoms with van der Waals surface area (Å²) >= 11 is 0. The molecule has 0 unspecified atom stereocenters. The molecule has 1 heterocycles. The van der Waals surface area contributed by atoms with Gasteiger partial charge in [-0.2, -0.15) is 5.26 Å². The SMILES string of the molecule is CC(C)CNc1ccnc(C#N)c1. The predicted octanol–water partition coefficient (Wildman–Crippen LogP) is 2.02. The lowest BCUT2D eigenvalue weighted by Crippen LogP contribution is -2.07. The van der Waals surface area contributed by atoms with Gasteiger partial charge in [0.05, 0.1) is 0 Å². The summed E-state index contributed by atoms with van der Waals surface area (Å²) < 4.78 is 0. The summed E-state index contributed by atoms with van der Waals surface area (Å²) in [6.45, 7) is 5.19. The Morgan fingerprint density at radius 3 is 3.00 bits per heavy atom. The minimum Gasteiger partial charge on any atom is -0.385 e. The molecule has 13 heavy (non-hydrogen) atoms. The van der Waals surface area contributed by atoms with Gasteiger partial charge in [0.15, 0.2) is 0 Å². The monoisotopic (exact) mass is 175 g/mol. The molecule has 0 saturated carbocycles. The maximum atomic E-state index is 8.60. The second-order valence-electron chi connectivity index (χ2n) is 3.32. The summed E-state index contributed by atoms with van der Waals surface area (Å²) in [5.74, 6) is 0.596. The molecule has 0 aliphatic heterocycles. The molecule has 0 aliphatic carbocycles. The zero-order valence-electron chi connectivity index (χ0n) is 7.91. The first-order valence-corrected chi connectivity index (χ1v) is 4.32. The molecule has 0 spiro atoms. The summed E-state index contributed by atoms with van der Waals surface area (Å²) in [5.41, 5.74) is 1.41. The molecule has 0 saturated heterocycles. The van der Waals surface area contributed by atoms with E-state index in [1.807, 2.05) is 12.1 Å². The normalized spacial score (nSPS) is 9.69. The molecule has 0 bridgehead atoms. The lowest BCUT2D eigenvalue weighted by atomic mass is 10.2. The molecule has 3 heteroatoms. The van der Waals surface area contributed by atoms with E-state index in [1.165, 1.54) is 0 Å². The number of nitrogens with one attached hydrogen (secondary N) is 1. The average Bonchev–Trinajstić information content (AvgIpc) is 2.15. The van der Waals surface area contributed by atoms with Crippen LogP contribution in [0.2, 0.25) is 0 Å². The van der Waals surface area contributed by atoms with Crippen molar-refractivity contribution in [3.8, 4) is 6.07 Å². The Labute approximate surface area is 78.4 Å². The molecule has 1 N–H and O–H groups in total. The van der Waals surface area contributed by atoms with E-state index >= 15 is 0 Å². The number of aromatic nitrogens is 1. The van der Waals surface area contributed by atoms with Crippen LogP contribution in [0.25, 0.3) is 0 Å². The average molecular weight is 175 g/mol. The fourth-order valence-corrected chi connectivity index (χ4v) is 0.924. The van der Waals surface area contributed by atoms with Gasteiger partial charge in [0.25, 0.3) is 0 Å². The first kappa shape index (κ1) is 9.53. The zero-order chi connectivity index (χ0) is 9.68. The van der Waals surface area contributed by atoms with Crippen molar-refractivity contribution in [1.29, 1.82) is 5.26 Å². The Morgan fingerprint density at radius 1 is 1.62 bits per heavy atom. The third kappa shape index (κ3) is 3.12. The molecular weight excluding hydrogens is 162 g/mol. The van der Waals surface area contributed by atoms with Gasteiger partial charge in [-0.15, -0.1) is 0 Å². The zero-order valence-corrected chi connectivity index (χ0v) is 7.91. The molecule has 68 valence electrons. The molecule has 0 atom stereocenters. The molecule has 0 aliphatic rings. The molecule has 0 radical (unpaired) electrons. The molecule has 1 rings (SSSR count). The summed E-state index contributed by atoms with van der Waals surface area (Å²) in [6.07, 6.45) is 1.64. The van der Waals surface area contributed by atoms with E-state index in [0.717, 1.165) is 12.2 Å². The molecule has 1 aromatic rings. The van der Waals surface area contributed by atoms with Gasteiger partial charge in [-0.1, -0.05) is 13.8 Å². The van der Waals surface area contributed by atoms with Crippen LogP contribution in [0.3, 0.4) is 0 Å². The van der Waals surface area contributed by atoms with Crippen LogP contribution in [0.15, 0.2) is 18.3 Å². The largest absolute Gasteiger partial charge is 0.385 e. The van der Waals surface area contributed by atoms with Crippen molar-refractivity contribution >= 4 is 5.69 Å². The fourth-order valence-electron chi connectivity index (χ4n) is 0.924. The summed E-state index contributed by atoms with van der Waals surface area (Å²) in [5, 5.41) is 11.8. The summed E-state index contributed by atoms with van der Waals surface area (Å²) in [7, 11) is 0. The van der Waals surface area contributed by atoms with Crippen LogP contribution in [0.1, 0.15) is 19.5 Å². The van der Waals surface area contributed by atoms with Crippen molar-refractivity contribution in [2.24, 2.45) is 5.92 Å². The van der Waals surface area contributed by atoms with Crippen LogP contribution >= 0.6 is 0 Å². The molecule has 3 nitrogen and oxygen atoms in total. The maximum absolute atomic E-state index is 8.60. The minimum atomic E-state index is 0.453. The van der Waals surface area contributed by atoms with E-state index in [-0.39, 0.29) is 0 Å². The van der Waals surface area contributed by atoms with Crippen molar-refractivity contribution < 1.29 is 0 Å². The van der Waals surface area contributed by atoms with Crippen LogP contribution in [0, 0.1) is 17.2 Å². The van der Waals surface area contributed by atoms with Crippen molar-refractivity contribution in [3.05, 3.63) is 24.0 Å². The third-order valence-corrected chi connectivity index (χ3v) is 1.59. The summed E-state index contributed by atoms with van der Waals surface area (Å²) in [4.78, 5) is 3.88. The topological polar surface area (TPSA) is 48.7 Å². The van der Waals surface area contributed by atoms with Crippen molar-refractivity contribution in [2.75, 3.05) is 11.9 Å². The Kier molecular flexibility index (Phi) is 3.27. The second kappa shape index (κ2) is 4.46. The van der Waals surface area contributed by atoms with E-state index in [2.05, 4.69) is 24.1 Å². The van der Waals surface area contributed by atoms with Gasteiger partial charge in [-0.3, -0.25) is 0 Å². The lowest BCUT2D eigenvalue weighted by molar-refractivity contribution is 0.689. The van der Waals surface area contributed by atoms with Gasteiger partial charge in [0.2, 0.25) is 0 Å². The van der Waals surface area contributed by atoms with Crippen LogP contribution in [-0.4, -0.2) is 11.5 Å². The van der Waals surface area contributed by atoms with Crippen LogP contribution < -0.4 is 5.32 Å². The fraction of sp³-hybridized carbons (Fsp3) is 0.400. The first-order chi connectivity index (χ1) is 6.22. The minimum absolute atomic E-state index is 0.453. The van der Waals surface area contributed by atoms with Gasteiger partial charge >= 0.3 is 0 Å². The molecule has 0 fully saturated rings. The van der Waals surface area contributed by atoms with Gasteiger partial charge in [-0.05, 0) is 18.1 Å². The second-order valence-corrected chi connectivity index (χ2v) is 3.32. The van der Waals surface area contributed by atoms with Gasteiger partial charge in [-0.25, -0.2) is 4.98 Å². The number of hydrogen-bond acceptors (Lipinski definition) is 3. The maximum Gasteiger partial charge on any atom is 0.142 e. The van der Waals surface area contributed by atoms with Crippen LogP contribution in [0.5, 0.6) is 0 Å². The quantitative estimate of drug-likeness (QED) is 0.764. The number of hydrogen-bond donors (Lipinski definition) is 1. The van der Waals surface area contributed by atoms with E-state index in [0.29, 0.717) is 11.6 Å². The standard InChI is InChI=1S/C10H13N3/c1-8(2)7-13-9-3-4-12-10(5-9)6-11/h3-5,8H,7H2,1-2H3,(H,12,13). The Bertz CT molecular complexity index is 312. The number of nitriles is 1.